The summed E-state index contributed by atoms with van der Waals surface area (Å²) in [6.45, 7) is 3.87. The van der Waals surface area contributed by atoms with Crippen LogP contribution in [-0.4, -0.2) is 25.0 Å². The van der Waals surface area contributed by atoms with Crippen LogP contribution >= 0.6 is 0 Å². The molecule has 23 heavy (non-hydrogen) atoms. The van der Waals surface area contributed by atoms with E-state index in [0.29, 0.717) is 12.5 Å². The number of carbonyl (C=O) groups excluding carboxylic acids is 1. The van der Waals surface area contributed by atoms with Gasteiger partial charge in [-0.3, -0.25) is 4.79 Å². The number of rotatable bonds is 3. The SMILES string of the molecule is CC1Cc2ccccc2N1CCC(=O)N1CCc2ccccc21. The van der Waals surface area contributed by atoms with Gasteiger partial charge < -0.3 is 9.80 Å². The zero-order valence-electron chi connectivity index (χ0n) is 13.5. The molecule has 0 bridgehead atoms. The number of fused-ring (bicyclic) bond motifs is 2. The zero-order valence-corrected chi connectivity index (χ0v) is 13.5. The molecule has 118 valence electrons. The Hall–Kier alpha value is -2.29. The van der Waals surface area contributed by atoms with Crippen molar-refractivity contribution in [3.05, 3.63) is 59.7 Å². The molecule has 2 aromatic carbocycles. The number of hydrogen-bond acceptors (Lipinski definition) is 2. The van der Waals surface area contributed by atoms with E-state index in [2.05, 4.69) is 54.3 Å². The quantitative estimate of drug-likeness (QED) is 0.867. The van der Waals surface area contributed by atoms with Crippen molar-refractivity contribution in [3.8, 4) is 0 Å². The van der Waals surface area contributed by atoms with Crippen molar-refractivity contribution in [2.45, 2.75) is 32.2 Å². The maximum Gasteiger partial charge on any atom is 0.228 e. The first-order chi connectivity index (χ1) is 11.2. The summed E-state index contributed by atoms with van der Waals surface area (Å²) in [6, 6.07) is 17.3. The summed E-state index contributed by atoms with van der Waals surface area (Å²) in [5.41, 5.74) is 5.10. The van der Waals surface area contributed by atoms with Crippen LogP contribution in [0.4, 0.5) is 11.4 Å². The van der Waals surface area contributed by atoms with E-state index >= 15 is 0 Å². The third kappa shape index (κ3) is 2.50. The van der Waals surface area contributed by atoms with E-state index in [9.17, 15) is 4.79 Å². The molecule has 2 heterocycles. The molecule has 1 atom stereocenters. The molecule has 0 saturated carbocycles. The van der Waals surface area contributed by atoms with E-state index in [1.807, 2.05) is 11.0 Å². The topological polar surface area (TPSA) is 23.6 Å². The van der Waals surface area contributed by atoms with Gasteiger partial charge in [0.1, 0.15) is 0 Å². The molecule has 2 aliphatic rings. The normalized spacial score (nSPS) is 18.9. The van der Waals surface area contributed by atoms with Crippen LogP contribution in [0.1, 0.15) is 24.5 Å². The van der Waals surface area contributed by atoms with Crippen LogP contribution < -0.4 is 9.80 Å². The lowest BCUT2D eigenvalue weighted by Crippen LogP contribution is -2.36. The minimum Gasteiger partial charge on any atom is -0.368 e. The van der Waals surface area contributed by atoms with Crippen molar-refractivity contribution in [2.75, 3.05) is 22.9 Å². The summed E-state index contributed by atoms with van der Waals surface area (Å²) in [5.74, 6) is 0.242. The Bertz CT molecular complexity index is 740. The number of nitrogens with zero attached hydrogens (tertiary/aromatic N) is 2. The van der Waals surface area contributed by atoms with Crippen LogP contribution in [0.25, 0.3) is 0 Å². The second-order valence-electron chi connectivity index (χ2n) is 6.55. The molecule has 0 N–H and O–H groups in total. The molecule has 1 amide bonds. The minimum atomic E-state index is 0.242. The predicted octanol–water partition coefficient (Wildman–Crippen LogP) is 3.42. The summed E-state index contributed by atoms with van der Waals surface area (Å²) in [4.78, 5) is 17.0. The molecule has 0 fully saturated rings. The third-order valence-corrected chi connectivity index (χ3v) is 5.10. The van der Waals surface area contributed by atoms with Crippen LogP contribution in [0.2, 0.25) is 0 Å². The first-order valence-corrected chi connectivity index (χ1v) is 8.47. The van der Waals surface area contributed by atoms with Gasteiger partial charge in [-0.1, -0.05) is 36.4 Å². The van der Waals surface area contributed by atoms with Crippen molar-refractivity contribution in [1.29, 1.82) is 0 Å². The highest BCUT2D eigenvalue weighted by Crippen LogP contribution is 2.32. The van der Waals surface area contributed by atoms with Gasteiger partial charge in [-0.15, -0.1) is 0 Å². The third-order valence-electron chi connectivity index (χ3n) is 5.10. The van der Waals surface area contributed by atoms with Gasteiger partial charge in [0.15, 0.2) is 0 Å². The molecule has 0 saturated heterocycles. The first kappa shape index (κ1) is 14.3. The molecular weight excluding hydrogens is 284 g/mol. The van der Waals surface area contributed by atoms with E-state index < -0.39 is 0 Å². The fraction of sp³-hybridized carbons (Fsp3) is 0.350. The molecule has 0 aliphatic carbocycles. The molecule has 3 nitrogen and oxygen atoms in total. The van der Waals surface area contributed by atoms with E-state index in [0.717, 1.165) is 31.6 Å². The molecule has 2 aliphatic heterocycles. The highest BCUT2D eigenvalue weighted by Gasteiger charge is 2.28. The highest BCUT2D eigenvalue weighted by atomic mass is 16.2. The molecule has 4 rings (SSSR count). The van der Waals surface area contributed by atoms with E-state index in [1.54, 1.807) is 0 Å². The lowest BCUT2D eigenvalue weighted by Gasteiger charge is -2.26. The Morgan fingerprint density at radius 1 is 1.04 bits per heavy atom. The van der Waals surface area contributed by atoms with E-state index in [-0.39, 0.29) is 5.91 Å². The Labute approximate surface area is 137 Å². The Morgan fingerprint density at radius 3 is 2.57 bits per heavy atom. The van der Waals surface area contributed by atoms with Crippen molar-refractivity contribution in [3.63, 3.8) is 0 Å². The molecule has 0 aromatic heterocycles. The average Bonchev–Trinajstić information content (AvgIpc) is 3.13. The second kappa shape index (κ2) is 5.73. The Kier molecular flexibility index (Phi) is 3.56. The van der Waals surface area contributed by atoms with Gasteiger partial charge in [-0.05, 0) is 43.0 Å². The van der Waals surface area contributed by atoms with Crippen LogP contribution in [-0.2, 0) is 17.6 Å². The number of anilines is 2. The fourth-order valence-corrected chi connectivity index (χ4v) is 3.92. The highest BCUT2D eigenvalue weighted by molar-refractivity contribution is 5.95. The summed E-state index contributed by atoms with van der Waals surface area (Å²) in [6.07, 6.45) is 2.63. The van der Waals surface area contributed by atoms with Crippen LogP contribution in [0.5, 0.6) is 0 Å². The fourth-order valence-electron chi connectivity index (χ4n) is 3.92. The first-order valence-electron chi connectivity index (χ1n) is 8.47. The molecule has 1 unspecified atom stereocenters. The number of hydrogen-bond donors (Lipinski definition) is 0. The van der Waals surface area contributed by atoms with Gasteiger partial charge in [0.25, 0.3) is 0 Å². The number of carbonyl (C=O) groups is 1. The predicted molar refractivity (Wildman–Crippen MR) is 94.1 cm³/mol. The standard InChI is InChI=1S/C20H22N2O/c1-15-14-17-7-3-5-9-19(17)21(15)13-11-20(23)22-12-10-16-6-2-4-8-18(16)22/h2-9,15H,10-14H2,1H3. The monoisotopic (exact) mass is 306 g/mol. The van der Waals surface area contributed by atoms with Gasteiger partial charge in [-0.25, -0.2) is 0 Å². The van der Waals surface area contributed by atoms with Crippen molar-refractivity contribution < 1.29 is 4.79 Å². The van der Waals surface area contributed by atoms with E-state index in [4.69, 9.17) is 0 Å². The molecule has 3 heteroatoms. The molecular formula is C20H22N2O. The number of benzene rings is 2. The van der Waals surface area contributed by atoms with Crippen molar-refractivity contribution in [1.82, 2.24) is 0 Å². The number of para-hydroxylation sites is 2. The van der Waals surface area contributed by atoms with Gasteiger partial charge in [0.05, 0.1) is 0 Å². The lowest BCUT2D eigenvalue weighted by atomic mass is 10.1. The van der Waals surface area contributed by atoms with Gasteiger partial charge in [-0.2, -0.15) is 0 Å². The van der Waals surface area contributed by atoms with Crippen LogP contribution in [0, 0.1) is 0 Å². The summed E-state index contributed by atoms with van der Waals surface area (Å²) in [7, 11) is 0. The summed E-state index contributed by atoms with van der Waals surface area (Å²) < 4.78 is 0. The van der Waals surface area contributed by atoms with Gasteiger partial charge in [0, 0.05) is 36.9 Å². The van der Waals surface area contributed by atoms with Gasteiger partial charge in [0.2, 0.25) is 5.91 Å². The molecule has 0 radical (unpaired) electrons. The molecule has 0 spiro atoms. The van der Waals surface area contributed by atoms with E-state index in [1.165, 1.54) is 16.8 Å². The Morgan fingerprint density at radius 2 is 1.74 bits per heavy atom. The van der Waals surface area contributed by atoms with Gasteiger partial charge >= 0.3 is 0 Å². The largest absolute Gasteiger partial charge is 0.368 e. The minimum absolute atomic E-state index is 0.242. The average molecular weight is 306 g/mol. The maximum atomic E-state index is 12.7. The zero-order chi connectivity index (χ0) is 15.8. The smallest absolute Gasteiger partial charge is 0.228 e. The second-order valence-corrected chi connectivity index (χ2v) is 6.55. The Balaban J connectivity index is 1.45. The number of amides is 1. The lowest BCUT2D eigenvalue weighted by molar-refractivity contribution is -0.118. The summed E-state index contributed by atoms with van der Waals surface area (Å²) >= 11 is 0. The summed E-state index contributed by atoms with van der Waals surface area (Å²) in [5, 5.41) is 0. The van der Waals surface area contributed by atoms with Crippen LogP contribution in [0.15, 0.2) is 48.5 Å². The maximum absolute atomic E-state index is 12.7. The molecule has 2 aromatic rings. The van der Waals surface area contributed by atoms with Crippen molar-refractivity contribution in [2.24, 2.45) is 0 Å². The van der Waals surface area contributed by atoms with Crippen molar-refractivity contribution >= 4 is 17.3 Å². The van der Waals surface area contributed by atoms with Crippen LogP contribution in [0.3, 0.4) is 0 Å².